The summed E-state index contributed by atoms with van der Waals surface area (Å²) in [7, 11) is 3.20. The smallest absolute Gasteiger partial charge is 0.270 e. The third kappa shape index (κ3) is 3.00. The van der Waals surface area contributed by atoms with Crippen molar-refractivity contribution in [1.29, 1.82) is 5.26 Å². The Morgan fingerprint density at radius 2 is 1.72 bits per heavy atom. The van der Waals surface area contributed by atoms with Gasteiger partial charge < -0.3 is 19.6 Å². The molecule has 144 valence electrons. The van der Waals surface area contributed by atoms with Crippen LogP contribution in [-0.2, 0) is 0 Å². The van der Waals surface area contributed by atoms with Crippen LogP contribution < -0.4 is 15.0 Å². The lowest BCUT2D eigenvalue weighted by Crippen LogP contribution is -2.09. The van der Waals surface area contributed by atoms with Crippen LogP contribution in [-0.4, -0.2) is 24.3 Å². The first-order valence-corrected chi connectivity index (χ1v) is 9.55. The van der Waals surface area contributed by atoms with E-state index in [2.05, 4.69) is 4.98 Å². The Balaban J connectivity index is 1.83. The number of fused-ring (bicyclic) bond motifs is 1. The molecule has 0 bridgehead atoms. The summed E-state index contributed by atoms with van der Waals surface area (Å²) in [5.74, 6) is 1.01. The summed E-state index contributed by atoms with van der Waals surface area (Å²) in [6, 6.07) is 15.2. The highest BCUT2D eigenvalue weighted by Crippen LogP contribution is 2.41. The molecule has 0 aliphatic heterocycles. The summed E-state index contributed by atoms with van der Waals surface area (Å²) >= 11 is 1.31. The number of ether oxygens (including phenoxy) is 2. The molecule has 0 amide bonds. The lowest BCUT2D eigenvalue weighted by atomic mass is 9.99. The fourth-order valence-electron chi connectivity index (χ4n) is 3.34. The number of rotatable bonds is 4. The van der Waals surface area contributed by atoms with E-state index in [1.54, 1.807) is 20.3 Å². The average Bonchev–Trinajstić information content (AvgIpc) is 3.17. The van der Waals surface area contributed by atoms with Crippen LogP contribution in [0, 0.1) is 11.3 Å². The third-order valence-corrected chi connectivity index (χ3v) is 5.64. The molecule has 4 aromatic rings. The van der Waals surface area contributed by atoms with Crippen LogP contribution in [0.4, 0.5) is 0 Å². The molecule has 0 saturated carbocycles. The molecule has 0 radical (unpaired) electrons. The summed E-state index contributed by atoms with van der Waals surface area (Å²) in [6.45, 7) is 0. The molecule has 2 N–H and O–H groups in total. The van der Waals surface area contributed by atoms with Gasteiger partial charge in [-0.05, 0) is 17.2 Å². The van der Waals surface area contributed by atoms with Gasteiger partial charge >= 0.3 is 0 Å². The zero-order chi connectivity index (χ0) is 20.5. The van der Waals surface area contributed by atoms with Crippen molar-refractivity contribution in [2.45, 2.75) is 0 Å². The molecule has 2 aromatic heterocycles. The number of aromatic amines is 1. The number of H-pyrrole nitrogens is 1. The number of thiophene rings is 1. The predicted octanol–water partition coefficient (Wildman–Crippen LogP) is 4.52. The lowest BCUT2D eigenvalue weighted by Gasteiger charge is -2.13. The Hall–Kier alpha value is -3.76. The molecule has 0 saturated heterocycles. The van der Waals surface area contributed by atoms with Crippen LogP contribution in [0.25, 0.3) is 32.5 Å². The lowest BCUT2D eigenvalue weighted by molar-refractivity contribution is 0.356. The summed E-state index contributed by atoms with van der Waals surface area (Å²) in [4.78, 5) is 15.1. The molecule has 29 heavy (non-hydrogen) atoms. The molecular formula is C22H16N2O4S. The molecule has 2 aromatic carbocycles. The number of hydrogen-bond donors (Lipinski definition) is 2. The Morgan fingerprint density at radius 3 is 2.34 bits per heavy atom. The monoisotopic (exact) mass is 404 g/mol. The highest BCUT2D eigenvalue weighted by molar-refractivity contribution is 7.17. The number of methoxy groups -OCH3 is 2. The fraction of sp³-hybridized carbons (Fsp3) is 0.0909. The van der Waals surface area contributed by atoms with Gasteiger partial charge in [0, 0.05) is 16.5 Å². The fourth-order valence-corrected chi connectivity index (χ4v) is 4.31. The number of nitriles is 1. The van der Waals surface area contributed by atoms with E-state index in [-0.39, 0.29) is 11.3 Å². The Morgan fingerprint density at radius 1 is 1.03 bits per heavy atom. The topological polar surface area (TPSA) is 95.3 Å². The number of nitrogens with one attached hydrogen (secondary N) is 1. The standard InChI is InChI=1S/C22H16N2O4S/c1-27-17-5-3-4-14(20(17)28-2)12-6-8-13(9-7-12)16-11-29-22-18(16)19(25)15(10-23)21(26)24-22/h3-9,11H,1-2H3,(H2,24,25,26). The minimum Gasteiger partial charge on any atom is -0.506 e. The maximum atomic E-state index is 11.9. The molecule has 0 atom stereocenters. The van der Waals surface area contributed by atoms with Crippen LogP contribution >= 0.6 is 11.3 Å². The molecule has 2 heterocycles. The molecule has 0 fully saturated rings. The number of nitrogens with zero attached hydrogens (tertiary/aromatic N) is 1. The van der Waals surface area contributed by atoms with Crippen molar-refractivity contribution in [3.8, 4) is 45.6 Å². The molecular weight excluding hydrogens is 388 g/mol. The number of aromatic hydroxyl groups is 1. The van der Waals surface area contributed by atoms with Crippen molar-refractivity contribution in [1.82, 2.24) is 4.98 Å². The first kappa shape index (κ1) is 18.6. The zero-order valence-corrected chi connectivity index (χ0v) is 16.5. The predicted molar refractivity (Wildman–Crippen MR) is 113 cm³/mol. The maximum Gasteiger partial charge on any atom is 0.270 e. The largest absolute Gasteiger partial charge is 0.506 e. The van der Waals surface area contributed by atoms with Gasteiger partial charge in [-0.2, -0.15) is 5.26 Å². The van der Waals surface area contributed by atoms with Crippen LogP contribution in [0.1, 0.15) is 5.56 Å². The normalized spacial score (nSPS) is 10.7. The van der Waals surface area contributed by atoms with E-state index in [9.17, 15) is 9.90 Å². The van der Waals surface area contributed by atoms with Crippen LogP contribution in [0.15, 0.2) is 52.6 Å². The van der Waals surface area contributed by atoms with Gasteiger partial charge in [-0.3, -0.25) is 4.79 Å². The summed E-state index contributed by atoms with van der Waals surface area (Å²) < 4.78 is 10.9. The number of hydrogen-bond acceptors (Lipinski definition) is 6. The van der Waals surface area contributed by atoms with Gasteiger partial charge in [-0.25, -0.2) is 0 Å². The molecule has 0 spiro atoms. The summed E-state index contributed by atoms with van der Waals surface area (Å²) in [5, 5.41) is 21.9. The molecule has 0 aliphatic rings. The van der Waals surface area contributed by atoms with Crippen LogP contribution in [0.2, 0.25) is 0 Å². The van der Waals surface area contributed by atoms with Crippen molar-refractivity contribution in [2.24, 2.45) is 0 Å². The first-order chi connectivity index (χ1) is 14.1. The molecule has 4 rings (SSSR count). The molecule has 0 aliphatic carbocycles. The highest BCUT2D eigenvalue weighted by Gasteiger charge is 2.18. The number of aromatic nitrogens is 1. The van der Waals surface area contributed by atoms with E-state index >= 15 is 0 Å². The maximum absolute atomic E-state index is 11.9. The summed E-state index contributed by atoms with van der Waals surface area (Å²) in [6.07, 6.45) is 0. The molecule has 6 nitrogen and oxygen atoms in total. The van der Waals surface area contributed by atoms with Gasteiger partial charge in [0.05, 0.1) is 19.6 Å². The zero-order valence-electron chi connectivity index (χ0n) is 15.6. The number of benzene rings is 2. The van der Waals surface area contributed by atoms with Gasteiger partial charge in [0.15, 0.2) is 17.1 Å². The van der Waals surface area contributed by atoms with Gasteiger partial charge in [0.1, 0.15) is 16.6 Å². The van der Waals surface area contributed by atoms with Crippen molar-refractivity contribution < 1.29 is 14.6 Å². The average molecular weight is 404 g/mol. The van der Waals surface area contributed by atoms with Crippen molar-refractivity contribution in [3.05, 3.63) is 63.8 Å². The van der Waals surface area contributed by atoms with E-state index in [0.29, 0.717) is 21.7 Å². The molecule has 0 unspecified atom stereocenters. The third-order valence-electron chi connectivity index (χ3n) is 4.74. The van der Waals surface area contributed by atoms with Gasteiger partial charge in [0.2, 0.25) is 0 Å². The van der Waals surface area contributed by atoms with Crippen molar-refractivity contribution in [3.63, 3.8) is 0 Å². The second-order valence-electron chi connectivity index (χ2n) is 6.26. The van der Waals surface area contributed by atoms with E-state index in [4.69, 9.17) is 14.7 Å². The number of para-hydroxylation sites is 1. The van der Waals surface area contributed by atoms with E-state index < -0.39 is 5.56 Å². The van der Waals surface area contributed by atoms with Gasteiger partial charge in [-0.1, -0.05) is 36.4 Å². The van der Waals surface area contributed by atoms with Crippen molar-refractivity contribution >= 4 is 21.6 Å². The Labute approximate surface area is 170 Å². The summed E-state index contributed by atoms with van der Waals surface area (Å²) in [5.41, 5.74) is 2.57. The van der Waals surface area contributed by atoms with Crippen LogP contribution in [0.5, 0.6) is 17.2 Å². The van der Waals surface area contributed by atoms with Gasteiger partial charge in [-0.15, -0.1) is 11.3 Å². The quantitative estimate of drug-likeness (QED) is 0.521. The number of pyridine rings is 1. The van der Waals surface area contributed by atoms with Crippen molar-refractivity contribution in [2.75, 3.05) is 14.2 Å². The first-order valence-electron chi connectivity index (χ1n) is 8.67. The van der Waals surface area contributed by atoms with E-state index in [0.717, 1.165) is 22.3 Å². The minimum atomic E-state index is -0.591. The second-order valence-corrected chi connectivity index (χ2v) is 7.14. The Bertz CT molecular complexity index is 1310. The van der Waals surface area contributed by atoms with E-state index in [1.165, 1.54) is 11.3 Å². The second kappa shape index (κ2) is 7.34. The Kier molecular flexibility index (Phi) is 4.71. The van der Waals surface area contributed by atoms with E-state index in [1.807, 2.05) is 47.8 Å². The van der Waals surface area contributed by atoms with Crippen LogP contribution in [0.3, 0.4) is 0 Å². The minimum absolute atomic E-state index is 0.283. The molecule has 7 heteroatoms. The van der Waals surface area contributed by atoms with Gasteiger partial charge in [0.25, 0.3) is 5.56 Å². The highest BCUT2D eigenvalue weighted by atomic mass is 32.1. The SMILES string of the molecule is COc1cccc(-c2ccc(-c3csc4[nH]c(=O)c(C#N)c(O)c34)cc2)c1OC.